The van der Waals surface area contributed by atoms with Gasteiger partial charge in [0.05, 0.1) is 35.5 Å². The molecule has 29 heavy (non-hydrogen) atoms. The van der Waals surface area contributed by atoms with E-state index in [0.717, 1.165) is 5.56 Å². The van der Waals surface area contributed by atoms with Crippen LogP contribution in [0.4, 0.5) is 10.5 Å². The van der Waals surface area contributed by atoms with Crippen molar-refractivity contribution in [1.29, 1.82) is 0 Å². The lowest BCUT2D eigenvalue weighted by molar-refractivity contribution is -0.0122. The highest BCUT2D eigenvalue weighted by Gasteiger charge is 2.33. The van der Waals surface area contributed by atoms with Gasteiger partial charge in [-0.05, 0) is 33.3 Å². The minimum atomic E-state index is -0.756. The van der Waals surface area contributed by atoms with Crippen molar-refractivity contribution in [3.63, 3.8) is 0 Å². The summed E-state index contributed by atoms with van der Waals surface area (Å²) in [7, 11) is 0. The van der Waals surface area contributed by atoms with E-state index in [9.17, 15) is 14.7 Å². The molecule has 0 radical (unpaired) electrons. The van der Waals surface area contributed by atoms with Crippen molar-refractivity contribution in [1.82, 2.24) is 10.2 Å². The average Bonchev–Trinajstić information content (AvgIpc) is 3.12. The number of nitrogens with one attached hydrogen (secondary N) is 1. The number of hydrogen-bond acceptors (Lipinski definition) is 6. The molecule has 2 aliphatic rings. The van der Waals surface area contributed by atoms with Crippen LogP contribution in [0.1, 0.15) is 43.1 Å². The van der Waals surface area contributed by atoms with Crippen molar-refractivity contribution in [3.05, 3.63) is 22.2 Å². The smallest absolute Gasteiger partial charge is 0.410 e. The first-order chi connectivity index (χ1) is 13.6. The van der Waals surface area contributed by atoms with Crippen LogP contribution in [-0.2, 0) is 11.2 Å². The van der Waals surface area contributed by atoms with E-state index in [1.54, 1.807) is 20.8 Å². The highest BCUT2D eigenvalue weighted by Crippen LogP contribution is 2.38. The summed E-state index contributed by atoms with van der Waals surface area (Å²) in [5, 5.41) is 13.6. The minimum absolute atomic E-state index is 0.168. The maximum atomic E-state index is 12.7. The number of halogens is 1. The molecule has 1 aromatic carbocycles. The molecule has 3 rings (SSSR count). The van der Waals surface area contributed by atoms with Crippen LogP contribution in [0.3, 0.4) is 0 Å². The second-order valence-electron chi connectivity index (χ2n) is 8.48. The fourth-order valence-corrected chi connectivity index (χ4v) is 3.79. The third-order valence-electron chi connectivity index (χ3n) is 5.11. The third kappa shape index (κ3) is 4.87. The molecule has 9 heteroatoms. The standard InChI is InChI=1S/C20H28ClN3O5/c1-20(2,3)29-19(27)24-6-4-11(15(25)10-24)9-23-18(26)13-8-14(21)16(22)12-5-7-28-17(12)13/h8,11,15,25H,4-7,9-10,22H2,1-3H3,(H,23,26). The maximum Gasteiger partial charge on any atom is 0.410 e. The summed E-state index contributed by atoms with van der Waals surface area (Å²) in [5.74, 6) is -0.0210. The molecule has 1 aromatic rings. The molecule has 0 saturated carbocycles. The van der Waals surface area contributed by atoms with E-state index in [0.29, 0.717) is 48.0 Å². The van der Waals surface area contributed by atoms with Gasteiger partial charge in [-0.15, -0.1) is 0 Å². The van der Waals surface area contributed by atoms with Gasteiger partial charge in [0.1, 0.15) is 11.4 Å². The monoisotopic (exact) mass is 425 g/mol. The third-order valence-corrected chi connectivity index (χ3v) is 5.43. The Hall–Kier alpha value is -2.19. The van der Waals surface area contributed by atoms with Gasteiger partial charge in [-0.3, -0.25) is 4.79 Å². The first-order valence-electron chi connectivity index (χ1n) is 9.74. The van der Waals surface area contributed by atoms with Crippen LogP contribution in [0, 0.1) is 5.92 Å². The van der Waals surface area contributed by atoms with Crippen LogP contribution in [0.5, 0.6) is 5.75 Å². The number of benzene rings is 1. The van der Waals surface area contributed by atoms with E-state index in [1.807, 2.05) is 0 Å². The summed E-state index contributed by atoms with van der Waals surface area (Å²) >= 11 is 6.16. The number of aliphatic hydroxyl groups excluding tert-OH is 1. The summed E-state index contributed by atoms with van der Waals surface area (Å²) in [6.45, 7) is 6.76. The van der Waals surface area contributed by atoms with Gasteiger partial charge in [-0.2, -0.15) is 0 Å². The number of rotatable bonds is 3. The van der Waals surface area contributed by atoms with E-state index < -0.39 is 17.8 Å². The maximum absolute atomic E-state index is 12.7. The number of piperidine rings is 1. The normalized spacial score (nSPS) is 21.3. The topological polar surface area (TPSA) is 114 Å². The van der Waals surface area contributed by atoms with Crippen LogP contribution < -0.4 is 15.8 Å². The number of carbonyl (C=O) groups is 2. The van der Waals surface area contributed by atoms with Gasteiger partial charge in [0.25, 0.3) is 5.91 Å². The van der Waals surface area contributed by atoms with Crippen LogP contribution in [0.25, 0.3) is 0 Å². The Kier molecular flexibility index (Phi) is 6.14. The molecule has 0 bridgehead atoms. The van der Waals surface area contributed by atoms with E-state index >= 15 is 0 Å². The molecule has 2 aliphatic heterocycles. The number of likely N-dealkylation sites (tertiary alicyclic amines) is 1. The van der Waals surface area contributed by atoms with Crippen molar-refractivity contribution >= 4 is 29.3 Å². The van der Waals surface area contributed by atoms with Crippen LogP contribution >= 0.6 is 11.6 Å². The molecule has 0 aromatic heterocycles. The van der Waals surface area contributed by atoms with Crippen molar-refractivity contribution in [2.45, 2.75) is 45.3 Å². The number of β-amino-alcohol motifs (C(OH)–C–C–N with tert-alkyl or cyclic N) is 1. The van der Waals surface area contributed by atoms with Gasteiger partial charge < -0.3 is 30.5 Å². The Balaban J connectivity index is 1.58. The molecule has 0 aliphatic carbocycles. The zero-order chi connectivity index (χ0) is 21.3. The molecule has 1 fully saturated rings. The van der Waals surface area contributed by atoms with Gasteiger partial charge in [-0.1, -0.05) is 11.6 Å². The highest BCUT2D eigenvalue weighted by atomic mass is 35.5. The second kappa shape index (κ2) is 8.28. The summed E-state index contributed by atoms with van der Waals surface area (Å²) in [5.41, 5.74) is 6.93. The van der Waals surface area contributed by atoms with Gasteiger partial charge in [0.2, 0.25) is 0 Å². The minimum Gasteiger partial charge on any atom is -0.492 e. The number of anilines is 1. The lowest BCUT2D eigenvalue weighted by Gasteiger charge is -2.36. The predicted octanol–water partition coefficient (Wildman–Crippen LogP) is 2.20. The molecule has 160 valence electrons. The summed E-state index contributed by atoms with van der Waals surface area (Å²) in [4.78, 5) is 26.4. The number of nitrogen functional groups attached to an aromatic ring is 1. The molecular formula is C20H28ClN3O5. The van der Waals surface area contributed by atoms with E-state index in [-0.39, 0.29) is 24.9 Å². The highest BCUT2D eigenvalue weighted by molar-refractivity contribution is 6.33. The molecule has 2 amide bonds. The predicted molar refractivity (Wildman–Crippen MR) is 109 cm³/mol. The SMILES string of the molecule is CC(C)(C)OC(=O)N1CCC(CNC(=O)c2cc(Cl)c(N)c3c2OCC3)C(O)C1. The second-order valence-corrected chi connectivity index (χ2v) is 8.89. The van der Waals surface area contributed by atoms with Gasteiger partial charge in [0, 0.05) is 31.0 Å². The van der Waals surface area contributed by atoms with Crippen molar-refractivity contribution in [2.24, 2.45) is 5.92 Å². The fourth-order valence-electron chi connectivity index (χ4n) is 3.57. The molecule has 4 N–H and O–H groups in total. The number of nitrogens with two attached hydrogens (primary N) is 1. The zero-order valence-corrected chi connectivity index (χ0v) is 17.7. The van der Waals surface area contributed by atoms with Crippen LogP contribution in [0.15, 0.2) is 6.07 Å². The van der Waals surface area contributed by atoms with E-state index in [4.69, 9.17) is 26.8 Å². The van der Waals surface area contributed by atoms with Crippen molar-refractivity contribution < 1.29 is 24.2 Å². The van der Waals surface area contributed by atoms with Gasteiger partial charge >= 0.3 is 6.09 Å². The number of fused-ring (bicyclic) bond motifs is 1. The zero-order valence-electron chi connectivity index (χ0n) is 17.0. The number of nitrogens with zero attached hydrogens (tertiary/aromatic N) is 1. The Bertz CT molecular complexity index is 808. The molecule has 0 spiro atoms. The van der Waals surface area contributed by atoms with Crippen molar-refractivity contribution in [3.8, 4) is 5.75 Å². The number of carbonyl (C=O) groups excluding carboxylic acids is 2. The quantitative estimate of drug-likeness (QED) is 0.639. The van der Waals surface area contributed by atoms with E-state index in [2.05, 4.69) is 5.32 Å². The lowest BCUT2D eigenvalue weighted by atomic mass is 9.94. The molecule has 1 saturated heterocycles. The number of aliphatic hydroxyl groups is 1. The molecule has 2 atom stereocenters. The Labute approximate surface area is 175 Å². The van der Waals surface area contributed by atoms with E-state index in [1.165, 1.54) is 11.0 Å². The molecular weight excluding hydrogens is 398 g/mol. The van der Waals surface area contributed by atoms with Crippen LogP contribution in [0.2, 0.25) is 5.02 Å². The van der Waals surface area contributed by atoms with Crippen molar-refractivity contribution in [2.75, 3.05) is 32.0 Å². The first-order valence-corrected chi connectivity index (χ1v) is 10.1. The average molecular weight is 426 g/mol. The summed E-state index contributed by atoms with van der Waals surface area (Å²) < 4.78 is 10.9. The molecule has 2 heterocycles. The summed E-state index contributed by atoms with van der Waals surface area (Å²) in [6, 6.07) is 1.51. The van der Waals surface area contributed by atoms with Gasteiger partial charge in [0.15, 0.2) is 0 Å². The number of amides is 2. The number of hydrogen-bond donors (Lipinski definition) is 3. The van der Waals surface area contributed by atoms with Gasteiger partial charge in [-0.25, -0.2) is 4.79 Å². The molecule has 2 unspecified atom stereocenters. The largest absolute Gasteiger partial charge is 0.492 e. The Morgan fingerprint density at radius 1 is 1.45 bits per heavy atom. The lowest BCUT2D eigenvalue weighted by Crippen LogP contribution is -2.50. The number of ether oxygens (including phenoxy) is 2. The summed E-state index contributed by atoms with van der Waals surface area (Å²) in [6.07, 6.45) is -0.0291. The van der Waals surface area contributed by atoms with Crippen LogP contribution in [-0.4, -0.2) is 60.0 Å². The molecule has 8 nitrogen and oxygen atoms in total. The Morgan fingerprint density at radius 2 is 2.17 bits per heavy atom. The Morgan fingerprint density at radius 3 is 2.83 bits per heavy atom. The first kappa shape index (κ1) is 21.5. The fraction of sp³-hybridized carbons (Fsp3) is 0.600.